The highest BCUT2D eigenvalue weighted by molar-refractivity contribution is 5.67. The monoisotopic (exact) mass is 297 g/mol. The fraction of sp³-hybridized carbons (Fsp3) is 0.533. The Hall–Kier alpha value is -1.79. The van der Waals surface area contributed by atoms with Crippen molar-refractivity contribution >= 4 is 6.09 Å². The zero-order chi connectivity index (χ0) is 16.2. The van der Waals surface area contributed by atoms with Crippen molar-refractivity contribution in [2.45, 2.75) is 45.5 Å². The Morgan fingerprint density at radius 1 is 1.33 bits per heavy atom. The number of aliphatic hydroxyl groups excluding tert-OH is 2. The third-order valence-corrected chi connectivity index (χ3v) is 2.72. The third kappa shape index (κ3) is 5.61. The number of amides is 1. The van der Waals surface area contributed by atoms with E-state index >= 15 is 0 Å². The molecule has 0 bridgehead atoms. The minimum Gasteiger partial charge on any atom is -0.508 e. The molecule has 21 heavy (non-hydrogen) atoms. The first-order chi connectivity index (χ1) is 9.60. The maximum atomic E-state index is 11.5. The van der Waals surface area contributed by atoms with Gasteiger partial charge in [-0.15, -0.1) is 0 Å². The van der Waals surface area contributed by atoms with Crippen LogP contribution in [0.25, 0.3) is 0 Å². The number of aromatic hydroxyl groups is 1. The summed E-state index contributed by atoms with van der Waals surface area (Å²) in [6.45, 7) is 6.79. The average molecular weight is 297 g/mol. The molecule has 0 spiro atoms. The molecule has 0 aliphatic rings. The van der Waals surface area contributed by atoms with Gasteiger partial charge in [0.2, 0.25) is 0 Å². The number of phenols is 1. The number of nitrogens with one attached hydrogen (secondary N) is 1. The molecular weight excluding hydrogens is 274 g/mol. The number of benzene rings is 1. The molecule has 0 aromatic heterocycles. The van der Waals surface area contributed by atoms with Crippen LogP contribution < -0.4 is 5.32 Å². The summed E-state index contributed by atoms with van der Waals surface area (Å²) < 4.78 is 5.02. The number of alkyl carbamates (subject to hydrolysis) is 1. The average Bonchev–Trinajstić information content (AvgIpc) is 2.36. The van der Waals surface area contributed by atoms with Crippen LogP contribution in [0.15, 0.2) is 18.2 Å². The molecule has 0 aliphatic heterocycles. The predicted octanol–water partition coefficient (Wildman–Crippen LogP) is 1.62. The van der Waals surface area contributed by atoms with Crippen molar-refractivity contribution in [3.8, 4) is 5.75 Å². The summed E-state index contributed by atoms with van der Waals surface area (Å²) in [5, 5.41) is 32.0. The van der Waals surface area contributed by atoms with Gasteiger partial charge in [-0.05, 0) is 39.8 Å². The van der Waals surface area contributed by atoms with E-state index in [0.29, 0.717) is 0 Å². The summed E-state index contributed by atoms with van der Waals surface area (Å²) in [6, 6.07) is 4.72. The van der Waals surface area contributed by atoms with Crippen LogP contribution in [-0.4, -0.2) is 39.7 Å². The fourth-order valence-corrected chi connectivity index (χ4v) is 1.73. The second-order valence-electron chi connectivity index (χ2n) is 5.96. The van der Waals surface area contributed by atoms with Gasteiger partial charge < -0.3 is 25.4 Å². The minimum atomic E-state index is -1.31. The van der Waals surface area contributed by atoms with Crippen LogP contribution in [0.4, 0.5) is 4.79 Å². The minimum absolute atomic E-state index is 0.107. The summed E-state index contributed by atoms with van der Waals surface area (Å²) in [5.74, 6) is -0.107. The van der Waals surface area contributed by atoms with Gasteiger partial charge in [-0.1, -0.05) is 11.6 Å². The number of hydrogen-bond acceptors (Lipinski definition) is 5. The van der Waals surface area contributed by atoms with Crippen molar-refractivity contribution in [2.24, 2.45) is 0 Å². The van der Waals surface area contributed by atoms with Crippen molar-refractivity contribution in [2.75, 3.05) is 6.54 Å². The smallest absolute Gasteiger partial charge is 0.407 e. The molecule has 1 amide bonds. The number of carbonyl (C=O) groups excluding carboxylic acids is 1. The Bertz CT molecular complexity index is 495. The topological polar surface area (TPSA) is 99.0 Å². The molecule has 0 saturated carbocycles. The molecule has 0 aliphatic carbocycles. The Labute approximate surface area is 124 Å². The van der Waals surface area contributed by atoms with E-state index in [1.54, 1.807) is 39.8 Å². The van der Waals surface area contributed by atoms with E-state index in [2.05, 4.69) is 5.32 Å². The second-order valence-corrected chi connectivity index (χ2v) is 5.96. The summed E-state index contributed by atoms with van der Waals surface area (Å²) >= 11 is 0. The predicted molar refractivity (Wildman–Crippen MR) is 78.0 cm³/mol. The number of rotatable bonds is 4. The van der Waals surface area contributed by atoms with Crippen molar-refractivity contribution in [1.29, 1.82) is 0 Å². The molecule has 2 atom stereocenters. The summed E-state index contributed by atoms with van der Waals surface area (Å²) in [6.07, 6.45) is -3.24. The maximum Gasteiger partial charge on any atom is 0.407 e. The van der Waals surface area contributed by atoms with Gasteiger partial charge >= 0.3 is 6.09 Å². The van der Waals surface area contributed by atoms with Gasteiger partial charge in [-0.25, -0.2) is 4.79 Å². The Morgan fingerprint density at radius 3 is 2.52 bits per heavy atom. The molecule has 118 valence electrons. The molecule has 0 heterocycles. The van der Waals surface area contributed by atoms with E-state index in [0.717, 1.165) is 5.56 Å². The lowest BCUT2D eigenvalue weighted by molar-refractivity contribution is 0.0119. The number of aliphatic hydroxyl groups is 2. The molecule has 4 N–H and O–H groups in total. The molecular formula is C15H23NO5. The molecule has 0 fully saturated rings. The number of aryl methyl sites for hydroxylation is 1. The molecule has 2 unspecified atom stereocenters. The molecule has 1 aromatic carbocycles. The van der Waals surface area contributed by atoms with E-state index in [1.807, 2.05) is 0 Å². The van der Waals surface area contributed by atoms with Crippen molar-refractivity contribution in [1.82, 2.24) is 5.32 Å². The first-order valence-corrected chi connectivity index (χ1v) is 6.72. The largest absolute Gasteiger partial charge is 0.508 e. The van der Waals surface area contributed by atoms with Crippen LogP contribution in [0.3, 0.4) is 0 Å². The second kappa shape index (κ2) is 6.78. The molecule has 6 nitrogen and oxygen atoms in total. The van der Waals surface area contributed by atoms with Crippen molar-refractivity contribution < 1.29 is 24.9 Å². The Kier molecular flexibility index (Phi) is 5.57. The lowest BCUT2D eigenvalue weighted by Gasteiger charge is -2.22. The number of hydrogen-bond donors (Lipinski definition) is 4. The van der Waals surface area contributed by atoms with Crippen molar-refractivity contribution in [3.63, 3.8) is 0 Å². The highest BCUT2D eigenvalue weighted by Gasteiger charge is 2.23. The molecule has 1 aromatic rings. The van der Waals surface area contributed by atoms with E-state index in [1.165, 1.54) is 6.07 Å². The lowest BCUT2D eigenvalue weighted by Crippen LogP contribution is -2.38. The molecule has 0 radical (unpaired) electrons. The van der Waals surface area contributed by atoms with Crippen molar-refractivity contribution in [3.05, 3.63) is 29.3 Å². The summed E-state index contributed by atoms with van der Waals surface area (Å²) in [5.41, 5.74) is 0.422. The number of phenolic OH excluding ortho intramolecular Hbond substituents is 1. The van der Waals surface area contributed by atoms with Gasteiger partial charge in [0.1, 0.15) is 23.6 Å². The van der Waals surface area contributed by atoms with Crippen LogP contribution in [0.5, 0.6) is 5.75 Å². The zero-order valence-corrected chi connectivity index (χ0v) is 12.8. The van der Waals surface area contributed by atoms with E-state index in [-0.39, 0.29) is 17.9 Å². The quantitative estimate of drug-likeness (QED) is 0.677. The molecule has 6 heteroatoms. The van der Waals surface area contributed by atoms with Crippen LogP contribution in [-0.2, 0) is 4.74 Å². The van der Waals surface area contributed by atoms with Crippen LogP contribution in [0.2, 0.25) is 0 Å². The first-order valence-electron chi connectivity index (χ1n) is 6.72. The van der Waals surface area contributed by atoms with Gasteiger partial charge in [0, 0.05) is 12.1 Å². The molecule has 1 rings (SSSR count). The number of carbonyl (C=O) groups is 1. The van der Waals surface area contributed by atoms with E-state index < -0.39 is 23.9 Å². The van der Waals surface area contributed by atoms with E-state index in [4.69, 9.17) is 4.74 Å². The highest BCUT2D eigenvalue weighted by atomic mass is 16.6. The first kappa shape index (κ1) is 17.3. The lowest BCUT2D eigenvalue weighted by atomic mass is 10.0. The van der Waals surface area contributed by atoms with Gasteiger partial charge in [-0.3, -0.25) is 0 Å². The molecule has 0 saturated heterocycles. The van der Waals surface area contributed by atoms with Gasteiger partial charge in [0.25, 0.3) is 0 Å². The Morgan fingerprint density at radius 2 is 1.95 bits per heavy atom. The highest BCUT2D eigenvalue weighted by Crippen LogP contribution is 2.27. The normalized spacial score (nSPS) is 14.4. The summed E-state index contributed by atoms with van der Waals surface area (Å²) in [7, 11) is 0. The van der Waals surface area contributed by atoms with Gasteiger partial charge in [-0.2, -0.15) is 0 Å². The summed E-state index contributed by atoms with van der Waals surface area (Å²) in [4.78, 5) is 11.5. The fourth-order valence-electron chi connectivity index (χ4n) is 1.73. The maximum absolute atomic E-state index is 11.5. The SMILES string of the molecule is Cc1ccc(O)c(C(O)C(O)CNC(=O)OC(C)(C)C)c1. The zero-order valence-electron chi connectivity index (χ0n) is 12.8. The third-order valence-electron chi connectivity index (χ3n) is 2.72. The van der Waals surface area contributed by atoms with E-state index in [9.17, 15) is 20.1 Å². The van der Waals surface area contributed by atoms with Gasteiger partial charge in [0.15, 0.2) is 0 Å². The Balaban J connectivity index is 2.61. The number of ether oxygens (including phenoxy) is 1. The van der Waals surface area contributed by atoms with Crippen LogP contribution >= 0.6 is 0 Å². The standard InChI is InChI=1S/C15H23NO5/c1-9-5-6-11(17)10(7-9)13(19)12(18)8-16-14(20)21-15(2,3)4/h5-7,12-13,17-19H,8H2,1-4H3,(H,16,20). The van der Waals surface area contributed by atoms with Crippen LogP contribution in [0, 0.1) is 6.92 Å². The van der Waals surface area contributed by atoms with Crippen LogP contribution in [0.1, 0.15) is 38.0 Å². The van der Waals surface area contributed by atoms with Gasteiger partial charge in [0.05, 0.1) is 0 Å².